The first-order valence-electron chi connectivity index (χ1n) is 10.0. The molecule has 2 atom stereocenters. The molecule has 0 bridgehead atoms. The van der Waals surface area contributed by atoms with Crippen molar-refractivity contribution in [1.29, 1.82) is 0 Å². The predicted octanol–water partition coefficient (Wildman–Crippen LogP) is 4.37. The monoisotopic (exact) mass is 459 g/mol. The maximum absolute atomic E-state index is 10.1. The topological polar surface area (TPSA) is 76.5 Å². The minimum atomic E-state index is -0.543. The quantitative estimate of drug-likeness (QED) is 0.569. The van der Waals surface area contributed by atoms with Crippen LogP contribution in [0.15, 0.2) is 48.7 Å². The second-order valence-electron chi connectivity index (χ2n) is 7.28. The van der Waals surface area contributed by atoms with Crippen molar-refractivity contribution in [2.45, 2.75) is 25.1 Å². The second-order valence-corrected chi connectivity index (χ2v) is 8.06. The molecule has 2 aromatic carbocycles. The van der Waals surface area contributed by atoms with Crippen molar-refractivity contribution < 1.29 is 14.6 Å². The second kappa shape index (κ2) is 9.94. The Hall–Kier alpha value is -2.22. The molecule has 4 rings (SSSR count). The Morgan fingerprint density at radius 1 is 1.13 bits per heavy atom. The average molecular weight is 460 g/mol. The number of hydrogen-bond donors (Lipinski definition) is 2. The SMILES string of the molecule is COc1nc(-c2cccc(-c3ccccc3Cl)c2Cl)cnc1CN[C@H]1CCOC[C@H]1O. The minimum Gasteiger partial charge on any atom is -0.480 e. The molecule has 6 nitrogen and oxygen atoms in total. The standard InChI is InChI=1S/C23H23Cl2N3O3/c1-30-23-20(12-26-18-9-10-31-13-21(18)29)27-11-19(28-23)16-7-4-6-15(22(16)25)14-5-2-3-8-17(14)24/h2-8,11,18,21,26,29H,9-10,12-13H2,1H3/t18-,21+/m0/s1. The number of halogens is 2. The van der Waals surface area contributed by atoms with Gasteiger partial charge in [-0.05, 0) is 12.5 Å². The molecule has 1 fully saturated rings. The van der Waals surface area contributed by atoms with Gasteiger partial charge in [-0.1, -0.05) is 59.6 Å². The number of methoxy groups -OCH3 is 1. The fourth-order valence-corrected chi connectivity index (χ4v) is 4.18. The molecule has 2 heterocycles. The van der Waals surface area contributed by atoms with Crippen molar-refractivity contribution in [3.05, 3.63) is 64.4 Å². The van der Waals surface area contributed by atoms with Crippen molar-refractivity contribution in [1.82, 2.24) is 15.3 Å². The molecule has 1 aliphatic heterocycles. The third kappa shape index (κ3) is 4.84. The van der Waals surface area contributed by atoms with Gasteiger partial charge in [0.25, 0.3) is 0 Å². The largest absolute Gasteiger partial charge is 0.480 e. The molecule has 0 saturated carbocycles. The lowest BCUT2D eigenvalue weighted by Gasteiger charge is -2.28. The van der Waals surface area contributed by atoms with Gasteiger partial charge < -0.3 is 19.9 Å². The summed E-state index contributed by atoms with van der Waals surface area (Å²) in [6.07, 6.45) is 1.87. The van der Waals surface area contributed by atoms with E-state index in [-0.39, 0.29) is 6.04 Å². The van der Waals surface area contributed by atoms with Crippen molar-refractivity contribution in [2.75, 3.05) is 20.3 Å². The maximum Gasteiger partial charge on any atom is 0.237 e. The van der Waals surface area contributed by atoms with Crippen LogP contribution in [-0.4, -0.2) is 47.5 Å². The molecular weight excluding hydrogens is 437 g/mol. The molecule has 0 amide bonds. The van der Waals surface area contributed by atoms with Crippen LogP contribution in [0.5, 0.6) is 5.88 Å². The fraction of sp³-hybridized carbons (Fsp3) is 0.304. The summed E-state index contributed by atoms with van der Waals surface area (Å²) in [5.41, 5.74) is 3.68. The molecule has 8 heteroatoms. The van der Waals surface area contributed by atoms with Gasteiger partial charge in [-0.3, -0.25) is 4.98 Å². The summed E-state index contributed by atoms with van der Waals surface area (Å²) >= 11 is 13.1. The zero-order chi connectivity index (χ0) is 21.8. The van der Waals surface area contributed by atoms with Crippen LogP contribution in [-0.2, 0) is 11.3 Å². The first kappa shape index (κ1) is 22.0. The maximum atomic E-state index is 10.1. The molecule has 31 heavy (non-hydrogen) atoms. The Morgan fingerprint density at radius 2 is 1.90 bits per heavy atom. The summed E-state index contributed by atoms with van der Waals surface area (Å²) in [6, 6.07) is 13.2. The van der Waals surface area contributed by atoms with Gasteiger partial charge in [-0.25, -0.2) is 4.98 Å². The number of nitrogens with zero attached hydrogens (tertiary/aromatic N) is 2. The molecule has 3 aromatic rings. The normalized spacial score (nSPS) is 18.7. The number of rotatable bonds is 6. The third-order valence-corrected chi connectivity index (χ3v) is 6.04. The molecule has 2 N–H and O–H groups in total. The van der Waals surface area contributed by atoms with Gasteiger partial charge in [0, 0.05) is 40.9 Å². The molecule has 0 spiro atoms. The van der Waals surface area contributed by atoms with E-state index in [9.17, 15) is 5.11 Å². The van der Waals surface area contributed by atoms with E-state index < -0.39 is 6.10 Å². The zero-order valence-electron chi connectivity index (χ0n) is 17.0. The van der Waals surface area contributed by atoms with Crippen molar-refractivity contribution in [2.24, 2.45) is 0 Å². The zero-order valence-corrected chi connectivity index (χ0v) is 18.5. The van der Waals surface area contributed by atoms with Crippen LogP contribution in [0.2, 0.25) is 10.0 Å². The molecule has 1 saturated heterocycles. The number of ether oxygens (including phenoxy) is 2. The van der Waals surface area contributed by atoms with E-state index >= 15 is 0 Å². The first-order valence-corrected chi connectivity index (χ1v) is 10.8. The number of aliphatic hydroxyl groups excluding tert-OH is 1. The Labute approximate surface area is 191 Å². The fourth-order valence-electron chi connectivity index (χ4n) is 3.62. The van der Waals surface area contributed by atoms with Crippen LogP contribution >= 0.6 is 23.2 Å². The molecule has 1 aromatic heterocycles. The average Bonchev–Trinajstić information content (AvgIpc) is 2.79. The Morgan fingerprint density at radius 3 is 2.68 bits per heavy atom. The molecule has 0 aliphatic carbocycles. The van der Waals surface area contributed by atoms with Gasteiger partial charge >= 0.3 is 0 Å². The molecular formula is C23H23Cl2N3O3. The predicted molar refractivity (Wildman–Crippen MR) is 122 cm³/mol. The van der Waals surface area contributed by atoms with Gasteiger partial charge in [0.2, 0.25) is 5.88 Å². The van der Waals surface area contributed by atoms with Gasteiger partial charge in [-0.15, -0.1) is 0 Å². The highest BCUT2D eigenvalue weighted by Crippen LogP contribution is 2.38. The summed E-state index contributed by atoms with van der Waals surface area (Å²) in [6.45, 7) is 1.38. The summed E-state index contributed by atoms with van der Waals surface area (Å²) in [5, 5.41) is 14.5. The highest BCUT2D eigenvalue weighted by Gasteiger charge is 2.24. The van der Waals surface area contributed by atoms with E-state index in [4.69, 9.17) is 32.7 Å². The number of nitrogens with one attached hydrogen (secondary N) is 1. The Kier molecular flexibility index (Phi) is 7.05. The summed E-state index contributed by atoms with van der Waals surface area (Å²) < 4.78 is 10.8. The van der Waals surface area contributed by atoms with E-state index in [2.05, 4.69) is 15.3 Å². The number of aliphatic hydroxyl groups is 1. The lowest BCUT2D eigenvalue weighted by Crippen LogP contribution is -2.46. The van der Waals surface area contributed by atoms with E-state index in [1.807, 2.05) is 42.5 Å². The highest BCUT2D eigenvalue weighted by molar-refractivity contribution is 6.38. The summed E-state index contributed by atoms with van der Waals surface area (Å²) in [7, 11) is 1.56. The Balaban J connectivity index is 1.61. The number of benzene rings is 2. The van der Waals surface area contributed by atoms with Crippen molar-refractivity contribution in [3.63, 3.8) is 0 Å². The van der Waals surface area contributed by atoms with Gasteiger partial charge in [-0.2, -0.15) is 0 Å². The van der Waals surface area contributed by atoms with Crippen LogP contribution in [0.3, 0.4) is 0 Å². The van der Waals surface area contributed by atoms with Gasteiger partial charge in [0.1, 0.15) is 5.69 Å². The lowest BCUT2D eigenvalue weighted by atomic mass is 10.0. The van der Waals surface area contributed by atoms with Crippen LogP contribution in [0, 0.1) is 0 Å². The van der Waals surface area contributed by atoms with E-state index in [0.29, 0.717) is 47.1 Å². The third-order valence-electron chi connectivity index (χ3n) is 5.30. The van der Waals surface area contributed by atoms with E-state index in [1.54, 1.807) is 13.3 Å². The molecule has 0 unspecified atom stereocenters. The summed E-state index contributed by atoms with van der Waals surface area (Å²) in [4.78, 5) is 9.18. The first-order chi connectivity index (χ1) is 15.1. The van der Waals surface area contributed by atoms with Crippen LogP contribution in [0.4, 0.5) is 0 Å². The van der Waals surface area contributed by atoms with Crippen LogP contribution in [0.1, 0.15) is 12.1 Å². The van der Waals surface area contributed by atoms with Gasteiger partial charge in [0.05, 0.1) is 36.7 Å². The summed E-state index contributed by atoms with van der Waals surface area (Å²) in [5.74, 6) is 0.408. The number of aromatic nitrogens is 2. The Bertz CT molecular complexity index is 1060. The highest BCUT2D eigenvalue weighted by atomic mass is 35.5. The van der Waals surface area contributed by atoms with Crippen LogP contribution in [0.25, 0.3) is 22.4 Å². The van der Waals surface area contributed by atoms with E-state index in [1.165, 1.54) is 0 Å². The minimum absolute atomic E-state index is 0.0540. The smallest absolute Gasteiger partial charge is 0.237 e. The van der Waals surface area contributed by atoms with Crippen molar-refractivity contribution >= 4 is 23.2 Å². The molecule has 162 valence electrons. The van der Waals surface area contributed by atoms with Crippen LogP contribution < -0.4 is 10.1 Å². The number of hydrogen-bond acceptors (Lipinski definition) is 6. The van der Waals surface area contributed by atoms with Gasteiger partial charge in [0.15, 0.2) is 0 Å². The van der Waals surface area contributed by atoms with E-state index in [0.717, 1.165) is 23.1 Å². The molecule has 1 aliphatic rings. The van der Waals surface area contributed by atoms with Crippen molar-refractivity contribution in [3.8, 4) is 28.3 Å². The molecule has 0 radical (unpaired) electrons. The lowest BCUT2D eigenvalue weighted by molar-refractivity contribution is -0.0281.